The predicted octanol–water partition coefficient (Wildman–Crippen LogP) is 10.8. The molecule has 0 spiro atoms. The number of fused-ring (bicyclic) bond motifs is 6. The van der Waals surface area contributed by atoms with Crippen LogP contribution in [0, 0.1) is 0 Å². The second-order valence-electron chi connectivity index (χ2n) is 12.5. The molecular formula is C45H29N3. The van der Waals surface area contributed by atoms with Crippen LogP contribution in [0.4, 0.5) is 0 Å². The van der Waals surface area contributed by atoms with E-state index in [0.717, 1.165) is 33.5 Å². The molecule has 224 valence electrons. The summed E-state index contributed by atoms with van der Waals surface area (Å²) in [6, 6.07) is 63.2. The molecule has 7 aromatic carbocycles. The zero-order valence-electron chi connectivity index (χ0n) is 26.1. The molecule has 10 rings (SSSR count). The van der Waals surface area contributed by atoms with Gasteiger partial charge in [0.25, 0.3) is 0 Å². The highest BCUT2D eigenvalue weighted by Gasteiger charge is 2.45. The van der Waals surface area contributed by atoms with Crippen LogP contribution in [0.15, 0.2) is 176 Å². The van der Waals surface area contributed by atoms with Crippen molar-refractivity contribution in [1.82, 2.24) is 14.5 Å². The van der Waals surface area contributed by atoms with E-state index >= 15 is 0 Å². The van der Waals surface area contributed by atoms with Crippen molar-refractivity contribution in [3.63, 3.8) is 0 Å². The Kier molecular flexibility index (Phi) is 5.79. The lowest BCUT2D eigenvalue weighted by molar-refractivity contribution is 0.728. The molecule has 0 radical (unpaired) electrons. The van der Waals surface area contributed by atoms with E-state index in [9.17, 15) is 0 Å². The molecule has 0 saturated heterocycles. The highest BCUT2D eigenvalue weighted by molar-refractivity contribution is 6.12. The maximum Gasteiger partial charge on any atom is 0.160 e. The van der Waals surface area contributed by atoms with Crippen molar-refractivity contribution in [3.8, 4) is 28.3 Å². The fourth-order valence-electron chi connectivity index (χ4n) is 8.07. The minimum Gasteiger partial charge on any atom is -0.309 e. The first-order chi connectivity index (χ1) is 23.8. The molecule has 9 aromatic rings. The number of benzene rings is 7. The van der Waals surface area contributed by atoms with Crippen molar-refractivity contribution in [1.29, 1.82) is 0 Å². The molecule has 0 fully saturated rings. The summed E-state index contributed by atoms with van der Waals surface area (Å²) in [4.78, 5) is 10.1. The fraction of sp³-hybridized carbons (Fsp3) is 0.0222. The molecule has 1 unspecified atom stereocenters. The topological polar surface area (TPSA) is 30.7 Å². The van der Waals surface area contributed by atoms with E-state index in [1.165, 1.54) is 49.7 Å². The zero-order chi connectivity index (χ0) is 31.7. The van der Waals surface area contributed by atoms with Crippen LogP contribution in [-0.2, 0) is 5.41 Å². The third-order valence-electron chi connectivity index (χ3n) is 10.1. The quantitative estimate of drug-likeness (QED) is 0.198. The fourth-order valence-corrected chi connectivity index (χ4v) is 8.07. The maximum atomic E-state index is 5.17. The molecule has 0 N–H and O–H groups in total. The third-order valence-corrected chi connectivity index (χ3v) is 10.1. The van der Waals surface area contributed by atoms with Crippen LogP contribution in [0.5, 0.6) is 0 Å². The van der Waals surface area contributed by atoms with Crippen LogP contribution >= 0.6 is 0 Å². The second kappa shape index (κ2) is 10.3. The summed E-state index contributed by atoms with van der Waals surface area (Å²) in [5, 5.41) is 3.59. The van der Waals surface area contributed by atoms with Gasteiger partial charge in [0, 0.05) is 27.3 Å². The Morgan fingerprint density at radius 3 is 1.88 bits per heavy atom. The Labute approximate surface area is 278 Å². The number of rotatable bonds is 4. The lowest BCUT2D eigenvalue weighted by Crippen LogP contribution is -2.35. The summed E-state index contributed by atoms with van der Waals surface area (Å²) in [5.41, 5.74) is 12.1. The van der Waals surface area contributed by atoms with Gasteiger partial charge in [-0.15, -0.1) is 0 Å². The monoisotopic (exact) mass is 611 g/mol. The molecule has 1 aliphatic rings. The summed E-state index contributed by atoms with van der Waals surface area (Å²) in [5.74, 6) is 0.731. The average Bonchev–Trinajstić information content (AvgIpc) is 3.51. The predicted molar refractivity (Wildman–Crippen MR) is 197 cm³/mol. The minimum absolute atomic E-state index is 0.538. The first-order valence-corrected chi connectivity index (χ1v) is 16.4. The molecule has 3 heteroatoms. The highest BCUT2D eigenvalue weighted by Crippen LogP contribution is 2.54. The number of para-hydroxylation sites is 4. The van der Waals surface area contributed by atoms with Gasteiger partial charge in [0.1, 0.15) is 0 Å². The van der Waals surface area contributed by atoms with E-state index in [-0.39, 0.29) is 0 Å². The number of nitrogens with zero attached hydrogens (tertiary/aromatic N) is 3. The van der Waals surface area contributed by atoms with Gasteiger partial charge in [0.05, 0.1) is 33.3 Å². The normalized spacial score (nSPS) is 15.2. The first kappa shape index (κ1) is 26.9. The molecule has 3 heterocycles. The number of hydrogen-bond donors (Lipinski definition) is 0. The first-order valence-electron chi connectivity index (χ1n) is 16.4. The minimum atomic E-state index is -0.538. The van der Waals surface area contributed by atoms with E-state index in [4.69, 9.17) is 9.97 Å². The maximum absolute atomic E-state index is 5.17. The van der Waals surface area contributed by atoms with Gasteiger partial charge in [-0.25, -0.2) is 9.97 Å². The number of aromatic nitrogens is 3. The van der Waals surface area contributed by atoms with Gasteiger partial charge >= 0.3 is 0 Å². The summed E-state index contributed by atoms with van der Waals surface area (Å²) in [7, 11) is 0. The van der Waals surface area contributed by atoms with Crippen LogP contribution < -0.4 is 0 Å². The molecule has 1 aliphatic heterocycles. The van der Waals surface area contributed by atoms with E-state index < -0.39 is 5.41 Å². The van der Waals surface area contributed by atoms with Gasteiger partial charge in [-0.3, -0.25) is 0 Å². The summed E-state index contributed by atoms with van der Waals surface area (Å²) >= 11 is 0. The van der Waals surface area contributed by atoms with E-state index in [1.807, 2.05) is 24.3 Å². The number of hydrogen-bond acceptors (Lipinski definition) is 2. The Morgan fingerprint density at radius 2 is 1.04 bits per heavy atom. The summed E-state index contributed by atoms with van der Waals surface area (Å²) < 4.78 is 2.48. The Balaban J connectivity index is 1.26. The smallest absolute Gasteiger partial charge is 0.160 e. The second-order valence-corrected chi connectivity index (χ2v) is 12.5. The molecule has 1 atom stereocenters. The van der Waals surface area contributed by atoms with Gasteiger partial charge in [-0.05, 0) is 40.5 Å². The lowest BCUT2D eigenvalue weighted by Gasteiger charge is -2.41. The highest BCUT2D eigenvalue weighted by atomic mass is 15.0. The molecule has 2 aromatic heterocycles. The van der Waals surface area contributed by atoms with Crippen LogP contribution in [0.1, 0.15) is 22.3 Å². The van der Waals surface area contributed by atoms with Crippen LogP contribution in [-0.4, -0.2) is 14.5 Å². The van der Waals surface area contributed by atoms with Crippen molar-refractivity contribution in [3.05, 3.63) is 198 Å². The molecular weight excluding hydrogens is 583 g/mol. The van der Waals surface area contributed by atoms with Crippen molar-refractivity contribution in [2.75, 3.05) is 0 Å². The lowest BCUT2D eigenvalue weighted by atomic mass is 9.63. The zero-order valence-corrected chi connectivity index (χ0v) is 26.1. The summed E-state index contributed by atoms with van der Waals surface area (Å²) in [6.45, 7) is 0. The van der Waals surface area contributed by atoms with Gasteiger partial charge in [0.15, 0.2) is 5.82 Å². The summed E-state index contributed by atoms with van der Waals surface area (Å²) in [6.07, 6.45) is 0. The Morgan fingerprint density at radius 1 is 0.417 bits per heavy atom. The molecule has 3 nitrogen and oxygen atoms in total. The largest absolute Gasteiger partial charge is 0.309 e. The van der Waals surface area contributed by atoms with Crippen molar-refractivity contribution in [2.24, 2.45) is 0 Å². The Bertz CT molecular complexity index is 2660. The Hall–Kier alpha value is -6.32. The van der Waals surface area contributed by atoms with Crippen LogP contribution in [0.25, 0.3) is 61.0 Å². The molecule has 0 amide bonds. The van der Waals surface area contributed by atoms with Crippen LogP contribution in [0.3, 0.4) is 0 Å². The van der Waals surface area contributed by atoms with Gasteiger partial charge in [-0.2, -0.15) is 0 Å². The SMILES string of the molecule is c1ccc(-c2nc(-c3ccc(C4(c5ccccc5)c5ccccc5-n5c6ccccc6c6cccc4c65)cc3)c3ccccc3n2)cc1. The van der Waals surface area contributed by atoms with Crippen molar-refractivity contribution >= 4 is 32.7 Å². The molecule has 0 saturated carbocycles. The molecule has 48 heavy (non-hydrogen) atoms. The van der Waals surface area contributed by atoms with Gasteiger partial charge < -0.3 is 4.57 Å². The van der Waals surface area contributed by atoms with E-state index in [2.05, 4.69) is 156 Å². The van der Waals surface area contributed by atoms with Crippen LogP contribution in [0.2, 0.25) is 0 Å². The molecule has 0 bridgehead atoms. The van der Waals surface area contributed by atoms with E-state index in [1.54, 1.807) is 0 Å². The molecule has 0 aliphatic carbocycles. The third kappa shape index (κ3) is 3.70. The van der Waals surface area contributed by atoms with E-state index in [0.29, 0.717) is 0 Å². The van der Waals surface area contributed by atoms with Gasteiger partial charge in [0.2, 0.25) is 0 Å². The van der Waals surface area contributed by atoms with Gasteiger partial charge in [-0.1, -0.05) is 158 Å². The average molecular weight is 612 g/mol. The van der Waals surface area contributed by atoms with Crippen molar-refractivity contribution in [2.45, 2.75) is 5.41 Å². The van der Waals surface area contributed by atoms with Crippen molar-refractivity contribution < 1.29 is 0 Å². The standard InChI is InChI=1S/C45H29N3/c1-3-14-31(15-4-1)44-46-39-23-10-7-19-36(39)42(47-44)30-26-28-33(29-27-30)45(32-16-5-2-6-17-32)37-21-9-12-25-41(37)48-40-24-11-8-18-34(40)35-20-13-22-38(45)43(35)48/h1-29H.